The van der Waals surface area contributed by atoms with Gasteiger partial charge in [-0.3, -0.25) is 4.79 Å². The lowest BCUT2D eigenvalue weighted by Crippen LogP contribution is -2.38. The molecule has 1 aromatic heterocycles. The summed E-state index contributed by atoms with van der Waals surface area (Å²) in [5.41, 5.74) is 1.12. The summed E-state index contributed by atoms with van der Waals surface area (Å²) >= 11 is 0. The minimum Gasteiger partial charge on any atom is -0.381 e. The average molecular weight is 262 g/mol. The highest BCUT2D eigenvalue weighted by atomic mass is 16.5. The lowest BCUT2D eigenvalue weighted by molar-refractivity contribution is -0.100. The van der Waals surface area contributed by atoms with Crippen LogP contribution in [0.3, 0.4) is 0 Å². The van der Waals surface area contributed by atoms with Gasteiger partial charge in [-0.15, -0.1) is 0 Å². The molecule has 0 aromatic carbocycles. The molecule has 1 aliphatic carbocycles. The van der Waals surface area contributed by atoms with E-state index in [0.717, 1.165) is 31.4 Å². The van der Waals surface area contributed by atoms with Gasteiger partial charge < -0.3 is 9.47 Å². The summed E-state index contributed by atoms with van der Waals surface area (Å²) in [5, 5.41) is 0. The number of rotatable bonds is 2. The van der Waals surface area contributed by atoms with Crippen LogP contribution in [0.1, 0.15) is 47.6 Å². The Morgan fingerprint density at radius 2 is 2.11 bits per heavy atom. The third-order valence-corrected chi connectivity index (χ3v) is 4.08. The van der Waals surface area contributed by atoms with Gasteiger partial charge in [-0.25, -0.2) is 9.97 Å². The van der Waals surface area contributed by atoms with Crippen LogP contribution in [0.25, 0.3) is 0 Å². The molecule has 0 spiro atoms. The van der Waals surface area contributed by atoms with Gasteiger partial charge in [-0.05, 0) is 12.8 Å². The molecule has 0 saturated carbocycles. The Morgan fingerprint density at radius 3 is 2.84 bits per heavy atom. The molecule has 1 aliphatic heterocycles. The van der Waals surface area contributed by atoms with Gasteiger partial charge in [0, 0.05) is 45.8 Å². The Morgan fingerprint density at radius 1 is 1.32 bits per heavy atom. The number of carbonyl (C=O) groups is 1. The van der Waals surface area contributed by atoms with E-state index in [1.807, 2.05) is 0 Å². The quantitative estimate of drug-likeness (QED) is 0.811. The first-order valence-corrected chi connectivity index (χ1v) is 6.78. The summed E-state index contributed by atoms with van der Waals surface area (Å²) in [6.07, 6.45) is 5.54. The topological polar surface area (TPSA) is 61.3 Å². The summed E-state index contributed by atoms with van der Waals surface area (Å²) < 4.78 is 11.1. The zero-order chi connectivity index (χ0) is 13.3. The van der Waals surface area contributed by atoms with Crippen LogP contribution in [0.15, 0.2) is 6.20 Å². The SMILES string of the molecule is COC1(c2ncc3c(n2)CCCC3=O)CCOCC1. The Bertz CT molecular complexity index is 495. The van der Waals surface area contributed by atoms with Gasteiger partial charge in [0.15, 0.2) is 11.6 Å². The molecule has 2 heterocycles. The highest BCUT2D eigenvalue weighted by molar-refractivity contribution is 5.97. The molecule has 1 aromatic rings. The van der Waals surface area contributed by atoms with Crippen LogP contribution >= 0.6 is 0 Å². The number of aryl methyl sites for hydroxylation is 1. The number of hydrogen-bond acceptors (Lipinski definition) is 5. The van der Waals surface area contributed by atoms with Gasteiger partial charge in [0.25, 0.3) is 0 Å². The van der Waals surface area contributed by atoms with Gasteiger partial charge >= 0.3 is 0 Å². The van der Waals surface area contributed by atoms with Crippen molar-refractivity contribution < 1.29 is 14.3 Å². The molecule has 0 bridgehead atoms. The maximum Gasteiger partial charge on any atom is 0.166 e. The van der Waals surface area contributed by atoms with Crippen molar-refractivity contribution in [1.82, 2.24) is 9.97 Å². The van der Waals surface area contributed by atoms with E-state index in [9.17, 15) is 4.79 Å². The number of aromatic nitrogens is 2. The van der Waals surface area contributed by atoms with Crippen molar-refractivity contribution in [3.63, 3.8) is 0 Å². The zero-order valence-electron chi connectivity index (χ0n) is 11.1. The van der Waals surface area contributed by atoms with Crippen molar-refractivity contribution in [3.8, 4) is 0 Å². The lowest BCUT2D eigenvalue weighted by atomic mass is 9.91. The van der Waals surface area contributed by atoms with E-state index in [1.165, 1.54) is 0 Å². The molecule has 2 aliphatic rings. The Labute approximate surface area is 112 Å². The molecule has 0 amide bonds. The fraction of sp³-hybridized carbons (Fsp3) is 0.643. The van der Waals surface area contributed by atoms with E-state index in [0.29, 0.717) is 31.0 Å². The second kappa shape index (κ2) is 4.98. The first-order valence-electron chi connectivity index (χ1n) is 6.78. The molecule has 1 fully saturated rings. The number of ether oxygens (including phenoxy) is 2. The van der Waals surface area contributed by atoms with E-state index in [-0.39, 0.29) is 5.78 Å². The zero-order valence-corrected chi connectivity index (χ0v) is 11.1. The van der Waals surface area contributed by atoms with Crippen LogP contribution < -0.4 is 0 Å². The lowest BCUT2D eigenvalue weighted by Gasteiger charge is -2.34. The van der Waals surface area contributed by atoms with Crippen LogP contribution in [0, 0.1) is 0 Å². The Balaban J connectivity index is 1.98. The van der Waals surface area contributed by atoms with E-state index in [1.54, 1.807) is 13.3 Å². The van der Waals surface area contributed by atoms with Crippen molar-refractivity contribution in [2.24, 2.45) is 0 Å². The van der Waals surface area contributed by atoms with E-state index < -0.39 is 5.60 Å². The van der Waals surface area contributed by atoms with E-state index in [2.05, 4.69) is 9.97 Å². The molecule has 5 nitrogen and oxygen atoms in total. The molecule has 3 rings (SSSR count). The maximum absolute atomic E-state index is 11.8. The van der Waals surface area contributed by atoms with Crippen LogP contribution in [0.4, 0.5) is 0 Å². The van der Waals surface area contributed by atoms with Gasteiger partial charge in [-0.1, -0.05) is 0 Å². The minimum atomic E-state index is -0.451. The number of nitrogens with zero attached hydrogens (tertiary/aromatic N) is 2. The summed E-state index contributed by atoms with van der Waals surface area (Å²) in [4.78, 5) is 20.8. The molecule has 0 N–H and O–H groups in total. The first-order chi connectivity index (χ1) is 9.25. The van der Waals surface area contributed by atoms with Gasteiger partial charge in [0.05, 0.1) is 11.3 Å². The van der Waals surface area contributed by atoms with Crippen LogP contribution in [0.2, 0.25) is 0 Å². The second-order valence-corrected chi connectivity index (χ2v) is 5.14. The highest BCUT2D eigenvalue weighted by Gasteiger charge is 2.38. The van der Waals surface area contributed by atoms with E-state index >= 15 is 0 Å². The Hall–Kier alpha value is -1.33. The molecular weight excluding hydrogens is 244 g/mol. The van der Waals surface area contributed by atoms with Crippen molar-refractivity contribution in [2.45, 2.75) is 37.7 Å². The van der Waals surface area contributed by atoms with Gasteiger partial charge in [0.1, 0.15) is 5.60 Å². The molecule has 1 saturated heterocycles. The van der Waals surface area contributed by atoms with Crippen molar-refractivity contribution >= 4 is 5.78 Å². The van der Waals surface area contributed by atoms with Crippen LogP contribution in [0.5, 0.6) is 0 Å². The number of methoxy groups -OCH3 is 1. The molecule has 0 radical (unpaired) electrons. The highest BCUT2D eigenvalue weighted by Crippen LogP contribution is 2.34. The Kier molecular flexibility index (Phi) is 3.33. The summed E-state index contributed by atoms with van der Waals surface area (Å²) in [6, 6.07) is 0. The van der Waals surface area contributed by atoms with Crippen molar-refractivity contribution in [2.75, 3.05) is 20.3 Å². The van der Waals surface area contributed by atoms with E-state index in [4.69, 9.17) is 9.47 Å². The third-order valence-electron chi connectivity index (χ3n) is 4.08. The molecular formula is C14H18N2O3. The first kappa shape index (κ1) is 12.7. The van der Waals surface area contributed by atoms with Crippen LogP contribution in [-0.4, -0.2) is 36.1 Å². The number of hydrogen-bond donors (Lipinski definition) is 0. The normalized spacial score (nSPS) is 22.1. The number of fused-ring (bicyclic) bond motifs is 1. The number of Topliss-reactive ketones (excluding diaryl/α,β-unsaturated/α-hetero) is 1. The van der Waals surface area contributed by atoms with Crippen LogP contribution in [-0.2, 0) is 21.5 Å². The fourth-order valence-electron chi connectivity index (χ4n) is 2.83. The standard InChI is InChI=1S/C14H18N2O3/c1-18-14(5-7-19-8-6-14)13-15-9-10-11(16-13)3-2-4-12(10)17/h9H,2-8H2,1H3. The largest absolute Gasteiger partial charge is 0.381 e. The predicted octanol–water partition coefficient (Wildman–Crippen LogP) is 1.65. The monoisotopic (exact) mass is 262 g/mol. The fourth-order valence-corrected chi connectivity index (χ4v) is 2.83. The molecule has 19 heavy (non-hydrogen) atoms. The number of carbonyl (C=O) groups excluding carboxylic acids is 1. The number of ketones is 1. The summed E-state index contributed by atoms with van der Waals surface area (Å²) in [6.45, 7) is 1.32. The van der Waals surface area contributed by atoms with Crippen molar-refractivity contribution in [3.05, 3.63) is 23.3 Å². The third kappa shape index (κ3) is 2.17. The predicted molar refractivity (Wildman–Crippen MR) is 68.0 cm³/mol. The maximum atomic E-state index is 11.8. The second-order valence-electron chi connectivity index (χ2n) is 5.14. The minimum absolute atomic E-state index is 0.159. The summed E-state index contributed by atoms with van der Waals surface area (Å²) in [7, 11) is 1.69. The molecule has 0 unspecified atom stereocenters. The van der Waals surface area contributed by atoms with Gasteiger partial charge in [0.2, 0.25) is 0 Å². The average Bonchev–Trinajstić information content (AvgIpc) is 2.48. The van der Waals surface area contributed by atoms with Gasteiger partial charge in [-0.2, -0.15) is 0 Å². The summed E-state index contributed by atoms with van der Waals surface area (Å²) in [5.74, 6) is 0.859. The smallest absolute Gasteiger partial charge is 0.166 e. The molecule has 0 atom stereocenters. The molecule has 102 valence electrons. The molecule has 5 heteroatoms. The van der Waals surface area contributed by atoms with Crippen molar-refractivity contribution in [1.29, 1.82) is 0 Å².